The van der Waals surface area contributed by atoms with Crippen molar-refractivity contribution in [2.24, 2.45) is 0 Å². The molecule has 1 aromatic carbocycles. The lowest BCUT2D eigenvalue weighted by molar-refractivity contribution is -0.132. The van der Waals surface area contributed by atoms with E-state index in [-0.39, 0.29) is 37.7 Å². The minimum Gasteiger partial charge on any atom is -0.390 e. The zero-order valence-corrected chi connectivity index (χ0v) is 20.9. The molecule has 36 heavy (non-hydrogen) atoms. The summed E-state index contributed by atoms with van der Waals surface area (Å²) in [5, 5.41) is 24.7. The summed E-state index contributed by atoms with van der Waals surface area (Å²) in [5.74, 6) is -0.521. The van der Waals surface area contributed by atoms with Gasteiger partial charge in [0.05, 0.1) is 24.4 Å². The Morgan fingerprint density at radius 2 is 1.81 bits per heavy atom. The number of aromatic nitrogens is 2. The van der Waals surface area contributed by atoms with E-state index in [0.717, 1.165) is 13.1 Å². The fraction of sp³-hybridized carbons (Fsp3) is 0.577. The van der Waals surface area contributed by atoms with Crippen LogP contribution in [0.4, 0.5) is 10.1 Å². The van der Waals surface area contributed by atoms with Gasteiger partial charge in [-0.3, -0.25) is 14.3 Å². The zero-order valence-electron chi connectivity index (χ0n) is 20.9. The van der Waals surface area contributed by atoms with Crippen LogP contribution in [0.5, 0.6) is 0 Å². The molecule has 2 saturated heterocycles. The number of anilines is 1. The van der Waals surface area contributed by atoms with E-state index >= 15 is 0 Å². The summed E-state index contributed by atoms with van der Waals surface area (Å²) in [6.07, 6.45) is -2.24. The fourth-order valence-corrected chi connectivity index (χ4v) is 5.57. The molecule has 9 nitrogen and oxygen atoms in total. The van der Waals surface area contributed by atoms with Crippen molar-refractivity contribution >= 4 is 17.5 Å². The second-order valence-corrected chi connectivity index (χ2v) is 10.1. The predicted octanol–water partition coefficient (Wildman–Crippen LogP) is 1.37. The summed E-state index contributed by atoms with van der Waals surface area (Å²) in [5.41, 5.74) is 5.01. The Hall–Kier alpha value is -2.98. The number of halogens is 1. The van der Waals surface area contributed by atoms with Gasteiger partial charge >= 0.3 is 0 Å². The quantitative estimate of drug-likeness (QED) is 0.659. The lowest BCUT2D eigenvalue weighted by Crippen LogP contribution is -2.50. The van der Waals surface area contributed by atoms with Crippen LogP contribution >= 0.6 is 0 Å². The number of aliphatic hydroxyl groups excluding tert-OH is 2. The van der Waals surface area contributed by atoms with Crippen LogP contribution in [-0.2, 0) is 17.8 Å². The van der Waals surface area contributed by atoms with E-state index in [2.05, 4.69) is 42.0 Å². The van der Waals surface area contributed by atoms with Crippen LogP contribution in [0.2, 0.25) is 0 Å². The van der Waals surface area contributed by atoms with E-state index in [1.165, 1.54) is 26.4 Å². The first kappa shape index (κ1) is 24.7. The van der Waals surface area contributed by atoms with Gasteiger partial charge in [0.1, 0.15) is 12.7 Å². The molecule has 2 amide bonds. The number of alkyl halides is 1. The van der Waals surface area contributed by atoms with Gasteiger partial charge in [-0.15, -0.1) is 0 Å². The highest BCUT2D eigenvalue weighted by Crippen LogP contribution is 2.34. The normalized spacial score (nSPS) is 24.2. The van der Waals surface area contributed by atoms with Gasteiger partial charge in [-0.05, 0) is 50.3 Å². The van der Waals surface area contributed by atoms with Crippen molar-refractivity contribution in [3.05, 3.63) is 46.3 Å². The predicted molar refractivity (Wildman–Crippen MR) is 132 cm³/mol. The van der Waals surface area contributed by atoms with Gasteiger partial charge in [-0.1, -0.05) is 12.1 Å². The first-order chi connectivity index (χ1) is 17.2. The van der Waals surface area contributed by atoms with E-state index in [9.17, 15) is 24.2 Å². The van der Waals surface area contributed by atoms with Crippen LogP contribution in [-0.4, -0.2) is 93.2 Å². The third kappa shape index (κ3) is 4.48. The maximum atomic E-state index is 14.0. The molecule has 3 atom stereocenters. The van der Waals surface area contributed by atoms with Crippen LogP contribution in [0.3, 0.4) is 0 Å². The molecule has 3 aliphatic rings. The number of piperidine rings is 1. The third-order valence-corrected chi connectivity index (χ3v) is 7.91. The zero-order chi connectivity index (χ0) is 25.6. The lowest BCUT2D eigenvalue weighted by Gasteiger charge is -2.37. The van der Waals surface area contributed by atoms with Crippen LogP contribution < -0.4 is 4.90 Å². The van der Waals surface area contributed by atoms with Crippen LogP contribution in [0.25, 0.3) is 0 Å². The van der Waals surface area contributed by atoms with E-state index in [1.807, 2.05) is 0 Å². The van der Waals surface area contributed by atoms with Gasteiger partial charge in [0, 0.05) is 44.0 Å². The number of nitrogens with zero attached hydrogens (tertiary/aromatic N) is 5. The number of likely N-dealkylation sites (tertiary alicyclic amines) is 1. The standard InChI is InChI=1S/C26H34FN5O4/c1-16-4-3-5-20(17(16)2)29-10-12-30(13-11-29)23(35)15-32-25-18(6-7-22(25)34)24(28-32)26(36)31-9-8-21(33)19(27)14-31/h3-5,19,21-22,33-34H,6-15H2,1-2H3/t19-,21+,22?/m0/s1. The number of aryl methyl sites for hydroxylation is 1. The van der Waals surface area contributed by atoms with E-state index in [1.54, 1.807) is 4.90 Å². The third-order valence-electron chi connectivity index (χ3n) is 7.91. The molecule has 0 radical (unpaired) electrons. The van der Waals surface area contributed by atoms with E-state index in [0.29, 0.717) is 37.2 Å². The molecule has 2 aromatic rings. The van der Waals surface area contributed by atoms with Gasteiger partial charge in [-0.25, -0.2) is 4.39 Å². The lowest BCUT2D eigenvalue weighted by atomic mass is 10.1. The van der Waals surface area contributed by atoms with Crippen molar-refractivity contribution in [1.82, 2.24) is 19.6 Å². The number of fused-ring (bicyclic) bond motifs is 1. The Morgan fingerprint density at radius 3 is 2.53 bits per heavy atom. The van der Waals surface area contributed by atoms with Crippen molar-refractivity contribution in [3.8, 4) is 0 Å². The fourth-order valence-electron chi connectivity index (χ4n) is 5.57. The summed E-state index contributed by atoms with van der Waals surface area (Å²) in [4.78, 5) is 31.8. The highest BCUT2D eigenvalue weighted by molar-refractivity contribution is 5.94. The Morgan fingerprint density at radius 1 is 1.06 bits per heavy atom. The smallest absolute Gasteiger partial charge is 0.274 e. The van der Waals surface area contributed by atoms with Crippen molar-refractivity contribution in [3.63, 3.8) is 0 Å². The molecule has 0 saturated carbocycles. The summed E-state index contributed by atoms with van der Waals surface area (Å²) in [6.45, 7) is 6.83. The van der Waals surface area contributed by atoms with Crippen LogP contribution in [0, 0.1) is 13.8 Å². The number of piperazine rings is 1. The minimum absolute atomic E-state index is 0.0550. The van der Waals surface area contributed by atoms with E-state index in [4.69, 9.17) is 0 Å². The van der Waals surface area contributed by atoms with Crippen molar-refractivity contribution < 1.29 is 24.2 Å². The first-order valence-electron chi connectivity index (χ1n) is 12.7. The summed E-state index contributed by atoms with van der Waals surface area (Å²) >= 11 is 0. The summed E-state index contributed by atoms with van der Waals surface area (Å²) in [6, 6.07) is 6.26. The number of aliphatic hydroxyl groups is 2. The molecule has 10 heteroatoms. The molecule has 1 aromatic heterocycles. The Balaban J connectivity index is 1.28. The molecule has 2 fully saturated rings. The molecule has 3 heterocycles. The molecule has 2 aliphatic heterocycles. The maximum Gasteiger partial charge on any atom is 0.274 e. The number of carbonyl (C=O) groups excluding carboxylic acids is 2. The second-order valence-electron chi connectivity index (χ2n) is 10.1. The van der Waals surface area contributed by atoms with E-state index < -0.39 is 24.3 Å². The maximum absolute atomic E-state index is 14.0. The number of hydrogen-bond donors (Lipinski definition) is 2. The highest BCUT2D eigenvalue weighted by atomic mass is 19.1. The van der Waals surface area contributed by atoms with Gasteiger partial charge < -0.3 is 24.9 Å². The van der Waals surface area contributed by atoms with Crippen LogP contribution in [0.15, 0.2) is 18.2 Å². The average molecular weight is 500 g/mol. The Labute approximate surface area is 210 Å². The molecule has 5 rings (SSSR count). The molecular formula is C26H34FN5O4. The van der Waals surface area contributed by atoms with Gasteiger partial charge in [-0.2, -0.15) is 5.10 Å². The number of amides is 2. The minimum atomic E-state index is -1.49. The molecule has 1 unspecified atom stereocenters. The monoisotopic (exact) mass is 499 g/mol. The number of rotatable bonds is 4. The molecular weight excluding hydrogens is 465 g/mol. The average Bonchev–Trinajstić information content (AvgIpc) is 3.43. The van der Waals surface area contributed by atoms with Gasteiger partial charge in [0.15, 0.2) is 5.69 Å². The molecule has 0 spiro atoms. The number of hydrogen-bond acceptors (Lipinski definition) is 6. The summed E-state index contributed by atoms with van der Waals surface area (Å²) < 4.78 is 15.5. The SMILES string of the molecule is Cc1cccc(N2CCN(C(=O)Cn3nc(C(=O)N4CC[C@@H](O)[C@@H](F)C4)c4c3C(O)CC4)CC2)c1C. The number of carbonyl (C=O) groups is 2. The molecule has 0 bridgehead atoms. The molecule has 1 aliphatic carbocycles. The van der Waals surface area contributed by atoms with Crippen molar-refractivity contribution in [1.29, 1.82) is 0 Å². The van der Waals surface area contributed by atoms with Crippen LogP contribution in [0.1, 0.15) is 51.8 Å². The first-order valence-corrected chi connectivity index (χ1v) is 12.7. The Bertz CT molecular complexity index is 1160. The van der Waals surface area contributed by atoms with Gasteiger partial charge in [0.2, 0.25) is 5.91 Å². The van der Waals surface area contributed by atoms with Gasteiger partial charge in [0.25, 0.3) is 5.91 Å². The largest absolute Gasteiger partial charge is 0.390 e. The second kappa shape index (κ2) is 9.82. The number of benzene rings is 1. The molecule has 2 N–H and O–H groups in total. The molecule has 194 valence electrons. The van der Waals surface area contributed by atoms with Crippen molar-refractivity contribution in [2.45, 2.75) is 58.0 Å². The van der Waals surface area contributed by atoms with Crippen molar-refractivity contribution in [2.75, 3.05) is 44.2 Å². The Kier molecular flexibility index (Phi) is 6.74. The summed E-state index contributed by atoms with van der Waals surface area (Å²) in [7, 11) is 0. The topological polar surface area (TPSA) is 102 Å². The highest BCUT2D eigenvalue weighted by Gasteiger charge is 2.37.